The number of hydrogen-bond donors (Lipinski definition) is 1. The maximum atomic E-state index is 13.1. The standard InChI is InChI=1S/C24H28N2O6/c1-14-5-8-17(9-6-14)26-21(27)12-10-18(24(29)32-15(2)23(25)28)22(26)16-7-11-19(30-3)20(13-16)31-4/h5-9,11,13,15,18,22H,10,12H2,1-4H3,(H2,25,28)/t15-,18-,22-/m0/s1. The van der Waals surface area contributed by atoms with E-state index in [9.17, 15) is 14.4 Å². The Kier molecular flexibility index (Phi) is 7.02. The number of hydrogen-bond acceptors (Lipinski definition) is 6. The van der Waals surface area contributed by atoms with Crippen molar-refractivity contribution in [2.75, 3.05) is 19.1 Å². The molecular weight excluding hydrogens is 412 g/mol. The van der Waals surface area contributed by atoms with Crippen LogP contribution in [0.4, 0.5) is 5.69 Å². The van der Waals surface area contributed by atoms with Crippen molar-refractivity contribution in [3.05, 3.63) is 53.6 Å². The zero-order valence-corrected chi connectivity index (χ0v) is 18.7. The lowest BCUT2D eigenvalue weighted by atomic mass is 9.83. The molecule has 170 valence electrons. The first-order valence-corrected chi connectivity index (χ1v) is 10.4. The summed E-state index contributed by atoms with van der Waals surface area (Å²) in [6.45, 7) is 3.39. The second kappa shape index (κ2) is 9.72. The van der Waals surface area contributed by atoms with Crippen LogP contribution in [-0.4, -0.2) is 38.1 Å². The highest BCUT2D eigenvalue weighted by Crippen LogP contribution is 2.43. The number of nitrogens with two attached hydrogens (primary N) is 1. The van der Waals surface area contributed by atoms with Gasteiger partial charge in [0.25, 0.3) is 5.91 Å². The predicted molar refractivity (Wildman–Crippen MR) is 118 cm³/mol. The molecule has 2 aromatic carbocycles. The molecular formula is C24H28N2O6. The third kappa shape index (κ3) is 4.69. The number of methoxy groups -OCH3 is 2. The number of rotatable bonds is 7. The smallest absolute Gasteiger partial charge is 0.312 e. The van der Waals surface area contributed by atoms with Crippen molar-refractivity contribution < 1.29 is 28.6 Å². The van der Waals surface area contributed by atoms with Crippen molar-refractivity contribution in [2.24, 2.45) is 11.7 Å². The number of esters is 1. The Morgan fingerprint density at radius 2 is 1.72 bits per heavy atom. The van der Waals surface area contributed by atoms with E-state index in [4.69, 9.17) is 19.9 Å². The van der Waals surface area contributed by atoms with Crippen molar-refractivity contribution >= 4 is 23.5 Å². The van der Waals surface area contributed by atoms with Crippen molar-refractivity contribution in [1.82, 2.24) is 0 Å². The monoisotopic (exact) mass is 440 g/mol. The average Bonchev–Trinajstić information content (AvgIpc) is 2.78. The van der Waals surface area contributed by atoms with Crippen LogP contribution in [0.15, 0.2) is 42.5 Å². The highest BCUT2D eigenvalue weighted by atomic mass is 16.5. The fourth-order valence-corrected chi connectivity index (χ4v) is 3.89. The summed E-state index contributed by atoms with van der Waals surface area (Å²) < 4.78 is 16.1. The Hall–Kier alpha value is -3.55. The van der Waals surface area contributed by atoms with E-state index in [-0.39, 0.29) is 18.7 Å². The van der Waals surface area contributed by atoms with Gasteiger partial charge in [0, 0.05) is 12.1 Å². The Bertz CT molecular complexity index is 1000. The molecule has 2 amide bonds. The van der Waals surface area contributed by atoms with E-state index >= 15 is 0 Å². The molecule has 1 heterocycles. The molecule has 2 aromatic rings. The van der Waals surface area contributed by atoms with Gasteiger partial charge in [0.15, 0.2) is 17.6 Å². The molecule has 2 N–H and O–H groups in total. The van der Waals surface area contributed by atoms with E-state index < -0.39 is 29.9 Å². The molecule has 1 saturated heterocycles. The molecule has 8 nitrogen and oxygen atoms in total. The minimum Gasteiger partial charge on any atom is -0.493 e. The fraction of sp³-hybridized carbons (Fsp3) is 0.375. The van der Waals surface area contributed by atoms with Gasteiger partial charge in [-0.3, -0.25) is 14.4 Å². The topological polar surface area (TPSA) is 108 Å². The number of piperidine rings is 1. The van der Waals surface area contributed by atoms with Gasteiger partial charge in [-0.2, -0.15) is 0 Å². The van der Waals surface area contributed by atoms with Gasteiger partial charge in [0.1, 0.15) is 0 Å². The van der Waals surface area contributed by atoms with E-state index in [1.165, 1.54) is 21.1 Å². The van der Waals surface area contributed by atoms with Crippen LogP contribution in [0.5, 0.6) is 11.5 Å². The number of anilines is 1. The van der Waals surface area contributed by atoms with Gasteiger partial charge in [-0.1, -0.05) is 23.8 Å². The van der Waals surface area contributed by atoms with Gasteiger partial charge in [0.2, 0.25) is 5.91 Å². The van der Waals surface area contributed by atoms with E-state index in [1.807, 2.05) is 31.2 Å². The summed E-state index contributed by atoms with van der Waals surface area (Å²) in [5.74, 6) is -1.12. The number of aryl methyl sites for hydroxylation is 1. The van der Waals surface area contributed by atoms with Gasteiger partial charge in [-0.25, -0.2) is 0 Å². The lowest BCUT2D eigenvalue weighted by molar-refractivity contribution is -0.159. The molecule has 3 atom stereocenters. The number of carbonyl (C=O) groups excluding carboxylic acids is 3. The summed E-state index contributed by atoms with van der Waals surface area (Å²) in [5.41, 5.74) is 7.67. The van der Waals surface area contributed by atoms with Gasteiger partial charge < -0.3 is 24.8 Å². The van der Waals surface area contributed by atoms with Crippen molar-refractivity contribution in [1.29, 1.82) is 0 Å². The van der Waals surface area contributed by atoms with Gasteiger partial charge in [-0.05, 0) is 50.1 Å². The molecule has 0 saturated carbocycles. The van der Waals surface area contributed by atoms with Crippen LogP contribution in [0.2, 0.25) is 0 Å². The van der Waals surface area contributed by atoms with E-state index in [2.05, 4.69) is 0 Å². The number of benzene rings is 2. The van der Waals surface area contributed by atoms with Crippen LogP contribution >= 0.6 is 0 Å². The number of nitrogens with zero attached hydrogens (tertiary/aromatic N) is 1. The minimum absolute atomic E-state index is 0.111. The van der Waals surface area contributed by atoms with E-state index in [0.717, 1.165) is 5.56 Å². The largest absolute Gasteiger partial charge is 0.493 e. The second-order valence-corrected chi connectivity index (χ2v) is 7.79. The van der Waals surface area contributed by atoms with Crippen LogP contribution in [0.3, 0.4) is 0 Å². The number of ether oxygens (including phenoxy) is 3. The third-order valence-corrected chi connectivity index (χ3v) is 5.65. The van der Waals surface area contributed by atoms with Crippen LogP contribution < -0.4 is 20.1 Å². The first-order chi connectivity index (χ1) is 15.3. The van der Waals surface area contributed by atoms with Crippen LogP contribution in [0.25, 0.3) is 0 Å². The van der Waals surface area contributed by atoms with Crippen LogP contribution in [0, 0.1) is 12.8 Å². The van der Waals surface area contributed by atoms with E-state index in [1.54, 1.807) is 23.1 Å². The SMILES string of the molecule is COc1ccc([C@H]2[C@@H](C(=O)O[C@@H](C)C(N)=O)CCC(=O)N2c2ccc(C)cc2)cc1OC. The number of amides is 2. The Morgan fingerprint density at radius 3 is 2.31 bits per heavy atom. The van der Waals surface area contributed by atoms with E-state index in [0.29, 0.717) is 22.7 Å². The summed E-state index contributed by atoms with van der Waals surface area (Å²) in [7, 11) is 3.05. The summed E-state index contributed by atoms with van der Waals surface area (Å²) in [6, 6.07) is 12.1. The second-order valence-electron chi connectivity index (χ2n) is 7.79. The maximum Gasteiger partial charge on any atom is 0.312 e. The van der Waals surface area contributed by atoms with Gasteiger partial charge in [-0.15, -0.1) is 0 Å². The molecule has 1 fully saturated rings. The lowest BCUT2D eigenvalue weighted by Crippen LogP contribution is -2.47. The summed E-state index contributed by atoms with van der Waals surface area (Å²) >= 11 is 0. The summed E-state index contributed by atoms with van der Waals surface area (Å²) in [5, 5.41) is 0. The maximum absolute atomic E-state index is 13.1. The number of primary amides is 1. The van der Waals surface area contributed by atoms with Crippen molar-refractivity contribution in [3.63, 3.8) is 0 Å². The highest BCUT2D eigenvalue weighted by molar-refractivity contribution is 5.97. The third-order valence-electron chi connectivity index (χ3n) is 5.65. The minimum atomic E-state index is -1.07. The Labute approximate surface area is 187 Å². The Morgan fingerprint density at radius 1 is 1.06 bits per heavy atom. The average molecular weight is 440 g/mol. The normalized spacial score (nSPS) is 19.2. The fourth-order valence-electron chi connectivity index (χ4n) is 3.89. The molecule has 0 aromatic heterocycles. The molecule has 3 rings (SSSR count). The quantitative estimate of drug-likeness (QED) is 0.663. The number of carbonyl (C=O) groups is 3. The predicted octanol–water partition coefficient (Wildman–Crippen LogP) is 2.91. The zero-order chi connectivity index (χ0) is 23.4. The lowest BCUT2D eigenvalue weighted by Gasteiger charge is -2.40. The molecule has 0 spiro atoms. The molecule has 32 heavy (non-hydrogen) atoms. The first kappa shape index (κ1) is 23.1. The highest BCUT2D eigenvalue weighted by Gasteiger charge is 2.43. The molecule has 0 bridgehead atoms. The van der Waals surface area contributed by atoms with Crippen LogP contribution in [0.1, 0.15) is 36.9 Å². The molecule has 0 aliphatic carbocycles. The van der Waals surface area contributed by atoms with Crippen molar-refractivity contribution in [3.8, 4) is 11.5 Å². The first-order valence-electron chi connectivity index (χ1n) is 10.4. The molecule has 1 aliphatic rings. The zero-order valence-electron chi connectivity index (χ0n) is 18.7. The molecule has 0 radical (unpaired) electrons. The Balaban J connectivity index is 2.10. The van der Waals surface area contributed by atoms with Crippen LogP contribution in [-0.2, 0) is 19.1 Å². The molecule has 0 unspecified atom stereocenters. The summed E-state index contributed by atoms with van der Waals surface area (Å²) in [4.78, 5) is 39.2. The molecule has 1 aliphatic heterocycles. The summed E-state index contributed by atoms with van der Waals surface area (Å²) in [6.07, 6.45) is -0.619. The van der Waals surface area contributed by atoms with Crippen molar-refractivity contribution in [2.45, 2.75) is 38.8 Å². The van der Waals surface area contributed by atoms with Gasteiger partial charge in [0.05, 0.1) is 26.2 Å². The van der Waals surface area contributed by atoms with Gasteiger partial charge >= 0.3 is 5.97 Å². The molecule has 8 heteroatoms.